The predicted molar refractivity (Wildman–Crippen MR) is 61.2 cm³/mol. The molecule has 1 aromatic heterocycles. The van der Waals surface area contributed by atoms with Gasteiger partial charge in [0.1, 0.15) is 5.69 Å². The molecule has 1 heterocycles. The molecule has 2 rings (SSSR count). The minimum Gasteiger partial charge on any atom is -0.344 e. The van der Waals surface area contributed by atoms with E-state index in [1.165, 1.54) is 0 Å². The van der Waals surface area contributed by atoms with Gasteiger partial charge in [-0.05, 0) is 25.8 Å². The summed E-state index contributed by atoms with van der Waals surface area (Å²) < 4.78 is 1.62. The Morgan fingerprint density at radius 3 is 2.80 bits per heavy atom. The maximum Gasteiger partial charge on any atom is 0.270 e. The van der Waals surface area contributed by atoms with Crippen molar-refractivity contribution in [3.05, 3.63) is 17.5 Å². The van der Waals surface area contributed by atoms with Crippen LogP contribution in [0, 0.1) is 6.92 Å². The van der Waals surface area contributed by atoms with Crippen molar-refractivity contribution in [2.75, 3.05) is 5.33 Å². The molecule has 0 aliphatic heterocycles. The number of nitrogens with zero attached hydrogens (tertiary/aromatic N) is 2. The Hall–Kier alpha value is -0.840. The van der Waals surface area contributed by atoms with Crippen molar-refractivity contribution in [2.24, 2.45) is 7.05 Å². The average molecular weight is 272 g/mol. The molecule has 0 spiro atoms. The first-order valence-electron chi connectivity index (χ1n) is 4.95. The lowest BCUT2D eigenvalue weighted by Crippen LogP contribution is -2.38. The fourth-order valence-corrected chi connectivity index (χ4v) is 2.27. The molecule has 1 amide bonds. The van der Waals surface area contributed by atoms with Gasteiger partial charge < -0.3 is 5.32 Å². The van der Waals surface area contributed by atoms with E-state index in [-0.39, 0.29) is 11.4 Å². The summed E-state index contributed by atoms with van der Waals surface area (Å²) in [5.41, 5.74) is 1.49. The molecule has 0 radical (unpaired) electrons. The molecule has 0 bridgehead atoms. The van der Waals surface area contributed by atoms with Gasteiger partial charge in [-0.25, -0.2) is 0 Å². The van der Waals surface area contributed by atoms with Crippen LogP contribution >= 0.6 is 15.9 Å². The first kappa shape index (κ1) is 10.7. The number of aryl methyl sites for hydroxylation is 2. The van der Waals surface area contributed by atoms with E-state index in [1.54, 1.807) is 17.8 Å². The normalized spacial score (nSPS) is 17.5. The second-order valence-corrected chi connectivity index (χ2v) is 4.72. The number of aromatic nitrogens is 2. The van der Waals surface area contributed by atoms with Crippen LogP contribution in [-0.4, -0.2) is 26.6 Å². The fourth-order valence-electron chi connectivity index (χ4n) is 1.57. The molecule has 0 unspecified atom stereocenters. The Labute approximate surface area is 97.2 Å². The summed E-state index contributed by atoms with van der Waals surface area (Å²) in [7, 11) is 1.79. The zero-order valence-corrected chi connectivity index (χ0v) is 10.5. The molecule has 15 heavy (non-hydrogen) atoms. The van der Waals surface area contributed by atoms with E-state index in [9.17, 15) is 4.79 Å². The van der Waals surface area contributed by atoms with E-state index in [4.69, 9.17) is 0 Å². The highest BCUT2D eigenvalue weighted by Gasteiger charge is 2.43. The Morgan fingerprint density at radius 1 is 1.73 bits per heavy atom. The average Bonchev–Trinajstić information content (AvgIpc) is 2.86. The van der Waals surface area contributed by atoms with Crippen LogP contribution in [0.1, 0.15) is 29.0 Å². The monoisotopic (exact) mass is 271 g/mol. The fraction of sp³-hybridized carbons (Fsp3) is 0.600. The molecule has 4 nitrogen and oxygen atoms in total. The quantitative estimate of drug-likeness (QED) is 0.845. The molecule has 82 valence electrons. The zero-order valence-electron chi connectivity index (χ0n) is 8.88. The molecular weight excluding hydrogens is 258 g/mol. The number of carbonyl (C=O) groups is 1. The van der Waals surface area contributed by atoms with Crippen molar-refractivity contribution < 1.29 is 4.79 Å². The van der Waals surface area contributed by atoms with Crippen molar-refractivity contribution in [3.63, 3.8) is 0 Å². The van der Waals surface area contributed by atoms with E-state index >= 15 is 0 Å². The number of hydrogen-bond donors (Lipinski definition) is 1. The maximum atomic E-state index is 11.9. The molecule has 1 saturated carbocycles. The number of alkyl halides is 1. The molecule has 1 fully saturated rings. The molecule has 1 aliphatic rings. The van der Waals surface area contributed by atoms with Crippen LogP contribution in [0.15, 0.2) is 6.07 Å². The third-order valence-electron chi connectivity index (χ3n) is 2.72. The smallest absolute Gasteiger partial charge is 0.270 e. The number of rotatable bonds is 3. The van der Waals surface area contributed by atoms with Gasteiger partial charge in [0.15, 0.2) is 0 Å². The number of nitrogens with one attached hydrogen (secondary N) is 1. The lowest BCUT2D eigenvalue weighted by atomic mass is 10.3. The van der Waals surface area contributed by atoms with Gasteiger partial charge >= 0.3 is 0 Å². The van der Waals surface area contributed by atoms with Gasteiger partial charge in [0.05, 0.1) is 11.2 Å². The lowest BCUT2D eigenvalue weighted by Gasteiger charge is -2.13. The summed E-state index contributed by atoms with van der Waals surface area (Å²) >= 11 is 3.42. The lowest BCUT2D eigenvalue weighted by molar-refractivity contribution is 0.0927. The van der Waals surface area contributed by atoms with E-state index in [1.807, 2.05) is 6.92 Å². The molecule has 0 atom stereocenters. The van der Waals surface area contributed by atoms with Gasteiger partial charge in [0, 0.05) is 12.4 Å². The van der Waals surface area contributed by atoms with Crippen molar-refractivity contribution in [2.45, 2.75) is 25.3 Å². The maximum absolute atomic E-state index is 11.9. The minimum absolute atomic E-state index is 0.00470. The van der Waals surface area contributed by atoms with Crippen molar-refractivity contribution >= 4 is 21.8 Å². The summed E-state index contributed by atoms with van der Waals surface area (Å²) in [5.74, 6) is -0.0324. The zero-order chi connectivity index (χ0) is 11.1. The Kier molecular flexibility index (Phi) is 2.58. The van der Waals surface area contributed by atoms with Gasteiger partial charge in [0.2, 0.25) is 0 Å². The number of halogens is 1. The highest BCUT2D eigenvalue weighted by molar-refractivity contribution is 9.09. The summed E-state index contributed by atoms with van der Waals surface area (Å²) in [5, 5.41) is 8.02. The molecule has 1 N–H and O–H groups in total. The minimum atomic E-state index is -0.0324. The van der Waals surface area contributed by atoms with E-state index in [0.29, 0.717) is 5.69 Å². The van der Waals surface area contributed by atoms with Crippen LogP contribution in [0.2, 0.25) is 0 Å². The topological polar surface area (TPSA) is 46.9 Å². The highest BCUT2D eigenvalue weighted by atomic mass is 79.9. The van der Waals surface area contributed by atoms with E-state index in [2.05, 4.69) is 26.3 Å². The molecule has 0 saturated heterocycles. The highest BCUT2D eigenvalue weighted by Crippen LogP contribution is 2.37. The number of carbonyl (C=O) groups excluding carboxylic acids is 1. The Balaban J connectivity index is 2.11. The second-order valence-electron chi connectivity index (χ2n) is 4.16. The summed E-state index contributed by atoms with van der Waals surface area (Å²) in [6.07, 6.45) is 2.11. The molecule has 1 aliphatic carbocycles. The second kappa shape index (κ2) is 3.63. The largest absolute Gasteiger partial charge is 0.344 e. The van der Waals surface area contributed by atoms with Gasteiger partial charge in [-0.1, -0.05) is 15.9 Å². The van der Waals surface area contributed by atoms with Crippen LogP contribution in [-0.2, 0) is 7.05 Å². The standard InChI is InChI=1S/C10H14BrN3O/c1-7-5-8(14(2)13-7)9(15)12-10(6-11)3-4-10/h5H,3-4,6H2,1-2H3,(H,12,15). The molecule has 0 aromatic carbocycles. The summed E-state index contributed by atoms with van der Waals surface area (Å²) in [6, 6.07) is 1.81. The van der Waals surface area contributed by atoms with Gasteiger partial charge in [-0.15, -0.1) is 0 Å². The molecule has 1 aromatic rings. The Morgan fingerprint density at radius 2 is 2.40 bits per heavy atom. The third-order valence-corrected chi connectivity index (χ3v) is 3.80. The molecule has 5 heteroatoms. The van der Waals surface area contributed by atoms with Crippen LogP contribution in [0.5, 0.6) is 0 Å². The van der Waals surface area contributed by atoms with E-state index in [0.717, 1.165) is 23.9 Å². The third kappa shape index (κ3) is 2.07. The van der Waals surface area contributed by atoms with Gasteiger partial charge in [0.25, 0.3) is 5.91 Å². The summed E-state index contributed by atoms with van der Waals surface area (Å²) in [6.45, 7) is 1.88. The first-order chi connectivity index (χ1) is 7.06. The van der Waals surface area contributed by atoms with Crippen molar-refractivity contribution in [1.82, 2.24) is 15.1 Å². The van der Waals surface area contributed by atoms with Crippen LogP contribution in [0.25, 0.3) is 0 Å². The Bertz CT molecular complexity index is 395. The predicted octanol–water partition coefficient (Wildman–Crippen LogP) is 1.39. The van der Waals surface area contributed by atoms with Crippen molar-refractivity contribution in [1.29, 1.82) is 0 Å². The van der Waals surface area contributed by atoms with Crippen LogP contribution in [0.4, 0.5) is 0 Å². The first-order valence-corrected chi connectivity index (χ1v) is 6.08. The van der Waals surface area contributed by atoms with E-state index < -0.39 is 0 Å². The van der Waals surface area contributed by atoms with Crippen molar-refractivity contribution in [3.8, 4) is 0 Å². The number of amides is 1. The summed E-state index contributed by atoms with van der Waals surface area (Å²) in [4.78, 5) is 11.9. The SMILES string of the molecule is Cc1cc(C(=O)NC2(CBr)CC2)n(C)n1. The number of hydrogen-bond acceptors (Lipinski definition) is 2. The van der Waals surface area contributed by atoms with Crippen LogP contribution in [0.3, 0.4) is 0 Å². The van der Waals surface area contributed by atoms with Gasteiger partial charge in [-0.3, -0.25) is 9.48 Å². The van der Waals surface area contributed by atoms with Crippen LogP contribution < -0.4 is 5.32 Å². The molecular formula is C10H14BrN3O. The van der Waals surface area contributed by atoms with Gasteiger partial charge in [-0.2, -0.15) is 5.10 Å².